The maximum Gasteiger partial charge on any atom is 0.410 e. The van der Waals surface area contributed by atoms with Gasteiger partial charge in [-0.25, -0.2) is 4.79 Å². The minimum Gasteiger partial charge on any atom is -0.445 e. The summed E-state index contributed by atoms with van der Waals surface area (Å²) >= 11 is 0. The second kappa shape index (κ2) is 9.81. The molecule has 1 atom stereocenters. The molecule has 21 heavy (non-hydrogen) atoms. The number of nitrogens with zero attached hydrogens (tertiary/aromatic N) is 1. The summed E-state index contributed by atoms with van der Waals surface area (Å²) in [6.07, 6.45) is 6.00. The fraction of sp³-hybridized carbons (Fsp3) is 0.389. The van der Waals surface area contributed by atoms with Crippen LogP contribution in [0.3, 0.4) is 0 Å². The van der Waals surface area contributed by atoms with Gasteiger partial charge in [-0.1, -0.05) is 55.8 Å². The molecule has 3 heteroatoms. The minimum atomic E-state index is -0.293. The quantitative estimate of drug-likeness (QED) is 0.623. The number of amides is 1. The van der Waals surface area contributed by atoms with Gasteiger partial charge in [-0.2, -0.15) is 0 Å². The first kappa shape index (κ1) is 17.0. The van der Waals surface area contributed by atoms with E-state index in [2.05, 4.69) is 20.1 Å². The van der Waals surface area contributed by atoms with Crippen molar-refractivity contribution in [2.24, 2.45) is 0 Å². The molecule has 0 unspecified atom stereocenters. The number of rotatable bonds is 9. The summed E-state index contributed by atoms with van der Waals surface area (Å²) in [6.45, 7) is 10.4. The van der Waals surface area contributed by atoms with Crippen LogP contribution in [0.25, 0.3) is 0 Å². The van der Waals surface area contributed by atoms with Gasteiger partial charge in [0.2, 0.25) is 0 Å². The first-order chi connectivity index (χ1) is 10.2. The predicted octanol–water partition coefficient (Wildman–Crippen LogP) is 4.56. The zero-order valence-corrected chi connectivity index (χ0v) is 12.8. The fourth-order valence-corrected chi connectivity index (χ4v) is 2.24. The Kier molecular flexibility index (Phi) is 7.95. The Hall–Kier alpha value is -2.03. The number of carbonyl (C=O) groups is 1. The Morgan fingerprint density at radius 1 is 1.29 bits per heavy atom. The van der Waals surface area contributed by atoms with Crippen LogP contribution in [0.2, 0.25) is 0 Å². The summed E-state index contributed by atoms with van der Waals surface area (Å²) in [4.78, 5) is 14.1. The average Bonchev–Trinajstić information content (AvgIpc) is 2.51. The topological polar surface area (TPSA) is 29.5 Å². The third kappa shape index (κ3) is 5.86. The second-order valence-electron chi connectivity index (χ2n) is 4.95. The van der Waals surface area contributed by atoms with Crippen molar-refractivity contribution in [1.29, 1.82) is 0 Å². The standard InChI is InChI=1S/C18H25NO2/c1-4-10-17(11-5-2)19(14-6-3)18(20)21-15-16-12-8-7-9-13-16/h4,6-9,12-13,17H,1,3,5,10-11,14-15H2,2H3/t17-/m0/s1. The fourth-order valence-electron chi connectivity index (χ4n) is 2.24. The smallest absolute Gasteiger partial charge is 0.410 e. The molecule has 0 aliphatic rings. The first-order valence-electron chi connectivity index (χ1n) is 7.42. The Morgan fingerprint density at radius 2 is 2.00 bits per heavy atom. The molecular weight excluding hydrogens is 262 g/mol. The van der Waals surface area contributed by atoms with Gasteiger partial charge in [-0.05, 0) is 18.4 Å². The molecule has 0 bridgehead atoms. The molecule has 0 aliphatic carbocycles. The maximum absolute atomic E-state index is 12.3. The Morgan fingerprint density at radius 3 is 2.57 bits per heavy atom. The molecule has 0 N–H and O–H groups in total. The Labute approximate surface area is 127 Å². The highest BCUT2D eigenvalue weighted by Gasteiger charge is 2.22. The van der Waals surface area contributed by atoms with Crippen molar-refractivity contribution in [3.63, 3.8) is 0 Å². The van der Waals surface area contributed by atoms with Crippen molar-refractivity contribution in [3.8, 4) is 0 Å². The summed E-state index contributed by atoms with van der Waals surface area (Å²) in [5.41, 5.74) is 0.986. The highest BCUT2D eigenvalue weighted by molar-refractivity contribution is 5.68. The number of ether oxygens (including phenoxy) is 1. The van der Waals surface area contributed by atoms with Crippen molar-refractivity contribution in [3.05, 3.63) is 61.2 Å². The third-order valence-electron chi connectivity index (χ3n) is 3.27. The van der Waals surface area contributed by atoms with E-state index in [1.807, 2.05) is 36.4 Å². The summed E-state index contributed by atoms with van der Waals surface area (Å²) in [5, 5.41) is 0. The van der Waals surface area contributed by atoms with E-state index in [1.54, 1.807) is 11.0 Å². The highest BCUT2D eigenvalue weighted by atomic mass is 16.6. The van der Waals surface area contributed by atoms with Gasteiger partial charge in [0.05, 0.1) is 0 Å². The van der Waals surface area contributed by atoms with E-state index in [4.69, 9.17) is 4.74 Å². The van der Waals surface area contributed by atoms with Gasteiger partial charge in [-0.15, -0.1) is 13.2 Å². The first-order valence-corrected chi connectivity index (χ1v) is 7.42. The number of hydrogen-bond acceptors (Lipinski definition) is 2. The van der Waals surface area contributed by atoms with Crippen LogP contribution in [-0.4, -0.2) is 23.6 Å². The van der Waals surface area contributed by atoms with Crippen molar-refractivity contribution in [2.45, 2.75) is 38.8 Å². The maximum atomic E-state index is 12.3. The van der Waals surface area contributed by atoms with Crippen LogP contribution in [0, 0.1) is 0 Å². The zero-order valence-electron chi connectivity index (χ0n) is 12.8. The molecule has 0 saturated heterocycles. The van der Waals surface area contributed by atoms with Crippen LogP contribution in [-0.2, 0) is 11.3 Å². The van der Waals surface area contributed by atoms with Gasteiger partial charge in [0.25, 0.3) is 0 Å². The lowest BCUT2D eigenvalue weighted by Crippen LogP contribution is -2.40. The molecule has 3 nitrogen and oxygen atoms in total. The largest absolute Gasteiger partial charge is 0.445 e. The van der Waals surface area contributed by atoms with Crippen LogP contribution in [0.1, 0.15) is 31.7 Å². The molecule has 114 valence electrons. The zero-order chi connectivity index (χ0) is 15.5. The molecule has 0 aromatic heterocycles. The third-order valence-corrected chi connectivity index (χ3v) is 3.27. The molecular formula is C18H25NO2. The molecule has 1 rings (SSSR count). The second-order valence-corrected chi connectivity index (χ2v) is 4.95. The summed E-state index contributed by atoms with van der Waals surface area (Å²) in [6, 6.07) is 9.81. The van der Waals surface area contributed by atoms with E-state index in [-0.39, 0.29) is 12.1 Å². The van der Waals surface area contributed by atoms with Gasteiger partial charge in [-0.3, -0.25) is 0 Å². The number of carbonyl (C=O) groups excluding carboxylic acids is 1. The summed E-state index contributed by atoms with van der Waals surface area (Å²) in [5.74, 6) is 0. The lowest BCUT2D eigenvalue weighted by atomic mass is 10.1. The lowest BCUT2D eigenvalue weighted by Gasteiger charge is -2.29. The van der Waals surface area contributed by atoms with Crippen molar-refractivity contribution < 1.29 is 9.53 Å². The molecule has 0 heterocycles. The van der Waals surface area contributed by atoms with Gasteiger partial charge in [0, 0.05) is 12.6 Å². The SMILES string of the molecule is C=CC[C@@H](CCC)N(CC=C)C(=O)OCc1ccccc1. The van der Waals surface area contributed by atoms with Crippen LogP contribution in [0.4, 0.5) is 4.79 Å². The Bertz CT molecular complexity index is 442. The van der Waals surface area contributed by atoms with E-state index in [0.29, 0.717) is 13.2 Å². The molecule has 1 aromatic rings. The van der Waals surface area contributed by atoms with E-state index in [0.717, 1.165) is 24.8 Å². The van der Waals surface area contributed by atoms with Crippen LogP contribution in [0.15, 0.2) is 55.6 Å². The van der Waals surface area contributed by atoms with Crippen molar-refractivity contribution >= 4 is 6.09 Å². The highest BCUT2D eigenvalue weighted by Crippen LogP contribution is 2.14. The van der Waals surface area contributed by atoms with Crippen LogP contribution in [0.5, 0.6) is 0 Å². The average molecular weight is 287 g/mol. The normalized spacial score (nSPS) is 11.5. The van der Waals surface area contributed by atoms with Crippen molar-refractivity contribution in [1.82, 2.24) is 4.90 Å². The predicted molar refractivity (Wildman–Crippen MR) is 87.0 cm³/mol. The van der Waals surface area contributed by atoms with Gasteiger partial charge in [0.1, 0.15) is 6.61 Å². The number of hydrogen-bond donors (Lipinski definition) is 0. The molecule has 0 radical (unpaired) electrons. The molecule has 1 amide bonds. The van der Waals surface area contributed by atoms with Crippen LogP contribution < -0.4 is 0 Å². The van der Waals surface area contributed by atoms with E-state index >= 15 is 0 Å². The van der Waals surface area contributed by atoms with Gasteiger partial charge < -0.3 is 9.64 Å². The van der Waals surface area contributed by atoms with Gasteiger partial charge >= 0.3 is 6.09 Å². The molecule has 0 spiro atoms. The van der Waals surface area contributed by atoms with E-state index < -0.39 is 0 Å². The van der Waals surface area contributed by atoms with Crippen LogP contribution >= 0.6 is 0 Å². The summed E-state index contributed by atoms with van der Waals surface area (Å²) < 4.78 is 5.42. The molecule has 0 fully saturated rings. The monoisotopic (exact) mass is 287 g/mol. The molecule has 0 aliphatic heterocycles. The lowest BCUT2D eigenvalue weighted by molar-refractivity contribution is 0.0836. The minimum absolute atomic E-state index is 0.119. The van der Waals surface area contributed by atoms with E-state index in [1.165, 1.54) is 0 Å². The molecule has 0 saturated carbocycles. The van der Waals surface area contributed by atoms with Crippen molar-refractivity contribution in [2.75, 3.05) is 6.54 Å². The number of benzene rings is 1. The van der Waals surface area contributed by atoms with E-state index in [9.17, 15) is 4.79 Å². The summed E-state index contributed by atoms with van der Waals surface area (Å²) in [7, 11) is 0. The van der Waals surface area contributed by atoms with Gasteiger partial charge in [0.15, 0.2) is 0 Å². The Balaban J connectivity index is 2.66. The molecule has 1 aromatic carbocycles.